The van der Waals surface area contributed by atoms with Crippen molar-refractivity contribution in [3.05, 3.63) is 41.6 Å². The first-order valence-electron chi connectivity index (χ1n) is 6.02. The quantitative estimate of drug-likeness (QED) is 0.758. The number of benzene rings is 1. The topological polar surface area (TPSA) is 34.9 Å². The van der Waals surface area contributed by atoms with Crippen molar-refractivity contribution in [2.24, 2.45) is 7.05 Å². The zero-order chi connectivity index (χ0) is 13.3. The van der Waals surface area contributed by atoms with Crippen LogP contribution in [0.2, 0.25) is 0 Å². The number of nitrogens with zero attached hydrogens (tertiary/aromatic N) is 2. The predicted molar refractivity (Wildman–Crippen MR) is 72.7 cm³/mol. The summed E-state index contributed by atoms with van der Waals surface area (Å²) in [7, 11) is 1.85. The van der Waals surface area contributed by atoms with Crippen LogP contribution >= 0.6 is 0 Å². The lowest BCUT2D eigenvalue weighted by molar-refractivity contribution is 0.111. The van der Waals surface area contributed by atoms with Gasteiger partial charge in [-0.25, -0.2) is 0 Å². The molecule has 2 rings (SSSR count). The molecule has 94 valence electrons. The van der Waals surface area contributed by atoms with Gasteiger partial charge < -0.3 is 0 Å². The second-order valence-electron chi connectivity index (χ2n) is 5.52. The Morgan fingerprint density at radius 2 is 1.78 bits per heavy atom. The van der Waals surface area contributed by atoms with E-state index < -0.39 is 0 Å². The van der Waals surface area contributed by atoms with Crippen LogP contribution in [-0.2, 0) is 12.5 Å². The van der Waals surface area contributed by atoms with Crippen LogP contribution in [0.5, 0.6) is 0 Å². The lowest BCUT2D eigenvalue weighted by atomic mass is 9.86. The van der Waals surface area contributed by atoms with Crippen LogP contribution in [0.3, 0.4) is 0 Å². The summed E-state index contributed by atoms with van der Waals surface area (Å²) in [6.07, 6.45) is 0.771. The maximum absolute atomic E-state index is 10.7. The second kappa shape index (κ2) is 4.41. The van der Waals surface area contributed by atoms with Crippen LogP contribution in [0, 0.1) is 0 Å². The van der Waals surface area contributed by atoms with Crippen LogP contribution in [0.4, 0.5) is 0 Å². The molecule has 3 heteroatoms. The van der Waals surface area contributed by atoms with Crippen LogP contribution in [0.25, 0.3) is 11.3 Å². The van der Waals surface area contributed by atoms with Gasteiger partial charge in [-0.15, -0.1) is 0 Å². The van der Waals surface area contributed by atoms with E-state index in [1.54, 1.807) is 10.7 Å². The van der Waals surface area contributed by atoms with Gasteiger partial charge >= 0.3 is 0 Å². The molecule has 0 atom stereocenters. The van der Waals surface area contributed by atoms with Crippen molar-refractivity contribution in [3.63, 3.8) is 0 Å². The average molecular weight is 242 g/mol. The number of aromatic nitrogens is 2. The zero-order valence-electron chi connectivity index (χ0n) is 11.3. The van der Waals surface area contributed by atoms with Gasteiger partial charge in [-0.1, -0.05) is 45.0 Å². The average Bonchev–Trinajstić information content (AvgIpc) is 2.70. The first-order chi connectivity index (χ1) is 8.41. The number of carbonyl (C=O) groups is 1. The molecule has 0 amide bonds. The van der Waals surface area contributed by atoms with Crippen molar-refractivity contribution in [1.29, 1.82) is 0 Å². The highest BCUT2D eigenvalue weighted by Gasteiger charge is 2.14. The summed E-state index contributed by atoms with van der Waals surface area (Å²) in [6.45, 7) is 6.57. The van der Waals surface area contributed by atoms with Crippen LogP contribution in [0.15, 0.2) is 30.3 Å². The summed E-state index contributed by atoms with van der Waals surface area (Å²) >= 11 is 0. The maximum atomic E-state index is 10.7. The van der Waals surface area contributed by atoms with Gasteiger partial charge in [0.05, 0.1) is 5.69 Å². The summed E-state index contributed by atoms with van der Waals surface area (Å²) in [5.74, 6) is 0. The molecule has 1 aromatic carbocycles. The summed E-state index contributed by atoms with van der Waals surface area (Å²) in [6, 6.07) is 10.2. The largest absolute Gasteiger partial charge is 0.296 e. The lowest BCUT2D eigenvalue weighted by Gasteiger charge is -2.19. The van der Waals surface area contributed by atoms with E-state index in [2.05, 4.69) is 50.1 Å². The molecule has 0 aliphatic heterocycles. The zero-order valence-corrected chi connectivity index (χ0v) is 11.3. The van der Waals surface area contributed by atoms with Gasteiger partial charge in [0.1, 0.15) is 5.69 Å². The highest BCUT2D eigenvalue weighted by atomic mass is 16.1. The molecule has 0 spiro atoms. The fraction of sp³-hybridized carbons (Fsp3) is 0.333. The van der Waals surface area contributed by atoms with Gasteiger partial charge in [-0.3, -0.25) is 9.48 Å². The first-order valence-corrected chi connectivity index (χ1v) is 6.02. The van der Waals surface area contributed by atoms with E-state index in [-0.39, 0.29) is 5.41 Å². The van der Waals surface area contributed by atoms with Crippen molar-refractivity contribution in [2.75, 3.05) is 0 Å². The Labute approximate surface area is 107 Å². The molecule has 0 saturated heterocycles. The van der Waals surface area contributed by atoms with E-state index in [0.29, 0.717) is 5.69 Å². The van der Waals surface area contributed by atoms with Crippen molar-refractivity contribution in [3.8, 4) is 11.3 Å². The van der Waals surface area contributed by atoms with E-state index in [9.17, 15) is 4.79 Å². The number of hydrogen-bond acceptors (Lipinski definition) is 2. The molecule has 3 nitrogen and oxygen atoms in total. The Morgan fingerprint density at radius 1 is 1.17 bits per heavy atom. The number of aldehydes is 1. The van der Waals surface area contributed by atoms with E-state index in [4.69, 9.17) is 0 Å². The molecule has 0 bridgehead atoms. The number of carbonyl (C=O) groups excluding carboxylic acids is 1. The monoisotopic (exact) mass is 242 g/mol. The Bertz CT molecular complexity index is 559. The summed E-state index contributed by atoms with van der Waals surface area (Å²) in [5, 5.41) is 4.13. The van der Waals surface area contributed by atoms with E-state index in [1.807, 2.05) is 7.05 Å². The summed E-state index contributed by atoms with van der Waals surface area (Å²) in [5.41, 5.74) is 3.94. The molecule has 0 unspecified atom stereocenters. The van der Waals surface area contributed by atoms with E-state index >= 15 is 0 Å². The van der Waals surface area contributed by atoms with Crippen molar-refractivity contribution >= 4 is 6.29 Å². The van der Waals surface area contributed by atoms with Gasteiger partial charge in [-0.05, 0) is 22.6 Å². The van der Waals surface area contributed by atoms with Gasteiger partial charge in [0.2, 0.25) is 0 Å². The van der Waals surface area contributed by atoms with Gasteiger partial charge in [0, 0.05) is 7.05 Å². The fourth-order valence-corrected chi connectivity index (χ4v) is 1.96. The smallest absolute Gasteiger partial charge is 0.170 e. The third kappa shape index (κ3) is 2.35. The van der Waals surface area contributed by atoms with Crippen molar-refractivity contribution in [2.45, 2.75) is 26.2 Å². The van der Waals surface area contributed by atoms with Gasteiger partial charge in [-0.2, -0.15) is 5.10 Å². The number of hydrogen-bond donors (Lipinski definition) is 0. The Kier molecular flexibility index (Phi) is 3.07. The first kappa shape index (κ1) is 12.6. The Balaban J connectivity index is 2.40. The van der Waals surface area contributed by atoms with Crippen molar-refractivity contribution in [1.82, 2.24) is 9.78 Å². The molecule has 0 fully saturated rings. The molecule has 0 saturated carbocycles. The molecule has 1 heterocycles. The molecule has 0 radical (unpaired) electrons. The highest BCUT2D eigenvalue weighted by molar-refractivity contribution is 5.75. The van der Waals surface area contributed by atoms with E-state index in [1.165, 1.54) is 5.56 Å². The maximum Gasteiger partial charge on any atom is 0.170 e. The molecular formula is C15H18N2O. The fourth-order valence-electron chi connectivity index (χ4n) is 1.96. The third-order valence-electron chi connectivity index (χ3n) is 3.07. The highest BCUT2D eigenvalue weighted by Crippen LogP contribution is 2.26. The van der Waals surface area contributed by atoms with Gasteiger partial charge in [0.25, 0.3) is 0 Å². The predicted octanol–water partition coefficient (Wildman–Crippen LogP) is 3.20. The third-order valence-corrected chi connectivity index (χ3v) is 3.07. The summed E-state index contributed by atoms with van der Waals surface area (Å²) in [4.78, 5) is 10.7. The molecule has 0 aliphatic carbocycles. The van der Waals surface area contributed by atoms with Gasteiger partial charge in [0.15, 0.2) is 6.29 Å². The summed E-state index contributed by atoms with van der Waals surface area (Å²) < 4.78 is 1.73. The normalized spacial score (nSPS) is 11.6. The van der Waals surface area contributed by atoms with Crippen molar-refractivity contribution < 1.29 is 4.79 Å². The molecular weight excluding hydrogens is 224 g/mol. The second-order valence-corrected chi connectivity index (χ2v) is 5.52. The van der Waals surface area contributed by atoms with Crippen LogP contribution in [0.1, 0.15) is 36.8 Å². The number of aryl methyl sites for hydroxylation is 1. The lowest BCUT2D eigenvalue weighted by Crippen LogP contribution is -2.10. The molecule has 0 aliphatic rings. The Morgan fingerprint density at radius 3 is 2.22 bits per heavy atom. The van der Waals surface area contributed by atoms with Crippen LogP contribution in [-0.4, -0.2) is 16.1 Å². The SMILES string of the molecule is Cn1nc(C=O)cc1-c1ccc(C(C)(C)C)cc1. The molecule has 2 aromatic rings. The van der Waals surface area contributed by atoms with E-state index in [0.717, 1.165) is 17.5 Å². The molecule has 18 heavy (non-hydrogen) atoms. The minimum Gasteiger partial charge on any atom is -0.296 e. The molecule has 0 N–H and O–H groups in total. The standard InChI is InChI=1S/C15H18N2O/c1-15(2,3)12-7-5-11(6-8-12)14-9-13(10-18)16-17(14)4/h5-10H,1-4H3. The molecule has 1 aromatic heterocycles. The minimum atomic E-state index is 0.152. The van der Waals surface area contributed by atoms with Crippen LogP contribution < -0.4 is 0 Å². The number of rotatable bonds is 2. The minimum absolute atomic E-state index is 0.152. The Hall–Kier alpha value is -1.90.